The van der Waals surface area contributed by atoms with Gasteiger partial charge in [0.25, 0.3) is 5.56 Å². The van der Waals surface area contributed by atoms with Crippen LogP contribution in [0.15, 0.2) is 75.8 Å². The Balaban J connectivity index is 1.96. The molecule has 0 aliphatic rings. The summed E-state index contributed by atoms with van der Waals surface area (Å²) in [5.74, 6) is 0. The number of hydrogen-bond donors (Lipinski definition) is 0. The number of nitrogens with zero attached hydrogens (tertiary/aromatic N) is 4. The van der Waals surface area contributed by atoms with Crippen molar-refractivity contribution in [2.75, 3.05) is 0 Å². The van der Waals surface area contributed by atoms with Crippen LogP contribution in [0.25, 0.3) is 16.9 Å². The van der Waals surface area contributed by atoms with Gasteiger partial charge in [0.1, 0.15) is 0 Å². The lowest BCUT2D eigenvalue weighted by Crippen LogP contribution is -2.32. The normalized spacial score (nSPS) is 12.5. The molecule has 0 aliphatic carbocycles. The zero-order chi connectivity index (χ0) is 21.5. The number of hydrogen-bond acceptors (Lipinski definition) is 3. The predicted molar refractivity (Wildman–Crippen MR) is 124 cm³/mol. The number of thiazole rings is 1. The highest BCUT2D eigenvalue weighted by Gasteiger charge is 2.21. The zero-order valence-electron chi connectivity index (χ0n) is 18.0. The molecular formula is C24H26N4OS. The summed E-state index contributed by atoms with van der Waals surface area (Å²) in [4.78, 5) is 19.0. The van der Waals surface area contributed by atoms with Crippen LogP contribution < -0.4 is 10.4 Å². The molecule has 30 heavy (non-hydrogen) atoms. The van der Waals surface area contributed by atoms with Gasteiger partial charge in [-0.05, 0) is 45.4 Å². The van der Waals surface area contributed by atoms with Gasteiger partial charge in [0.2, 0.25) is 0 Å². The second-order valence-corrected chi connectivity index (χ2v) is 9.13. The molecule has 4 rings (SSSR count). The smallest absolute Gasteiger partial charge is 0.297 e. The monoisotopic (exact) mass is 418 g/mol. The first kappa shape index (κ1) is 20.2. The van der Waals surface area contributed by atoms with Crippen molar-refractivity contribution in [1.29, 1.82) is 0 Å². The van der Waals surface area contributed by atoms with Crippen molar-refractivity contribution in [3.63, 3.8) is 0 Å². The lowest BCUT2D eigenvalue weighted by molar-refractivity contribution is 0.392. The van der Waals surface area contributed by atoms with E-state index in [-0.39, 0.29) is 11.1 Å². The van der Waals surface area contributed by atoms with E-state index >= 15 is 0 Å². The third-order valence-corrected chi connectivity index (χ3v) is 6.01. The van der Waals surface area contributed by atoms with Gasteiger partial charge in [-0.25, -0.2) is 9.67 Å². The minimum Gasteiger partial charge on any atom is -0.311 e. The maximum absolute atomic E-state index is 13.3. The predicted octanol–water partition coefficient (Wildman–Crippen LogP) is 5.00. The highest BCUT2D eigenvalue weighted by molar-refractivity contribution is 7.07. The molecule has 0 bridgehead atoms. The molecule has 0 saturated carbocycles. The van der Waals surface area contributed by atoms with Crippen LogP contribution >= 0.6 is 11.3 Å². The van der Waals surface area contributed by atoms with Gasteiger partial charge in [-0.2, -0.15) is 0 Å². The molecule has 0 N–H and O–H groups in total. The highest BCUT2D eigenvalue weighted by atomic mass is 32.1. The van der Waals surface area contributed by atoms with Crippen molar-refractivity contribution < 1.29 is 0 Å². The van der Waals surface area contributed by atoms with Gasteiger partial charge < -0.3 is 4.57 Å². The number of para-hydroxylation sites is 1. The maximum Gasteiger partial charge on any atom is 0.297 e. The molecule has 0 spiro atoms. The van der Waals surface area contributed by atoms with Crippen molar-refractivity contribution in [1.82, 2.24) is 13.9 Å². The Labute approximate surface area is 180 Å². The van der Waals surface area contributed by atoms with E-state index in [1.807, 2.05) is 67.2 Å². The van der Waals surface area contributed by atoms with E-state index < -0.39 is 0 Å². The SMILES string of the molecule is Cc1c(N=c2scc(-c3ccccc3)n2C(C)(C)C)c(=O)n(-c2ccccc2)n1C. The average Bonchev–Trinajstić information content (AvgIpc) is 3.25. The first-order valence-electron chi connectivity index (χ1n) is 9.94. The summed E-state index contributed by atoms with van der Waals surface area (Å²) in [7, 11) is 1.89. The first-order valence-corrected chi connectivity index (χ1v) is 10.8. The number of aromatic nitrogens is 3. The van der Waals surface area contributed by atoms with Crippen molar-refractivity contribution in [3.8, 4) is 16.9 Å². The van der Waals surface area contributed by atoms with Crippen molar-refractivity contribution in [3.05, 3.63) is 86.9 Å². The lowest BCUT2D eigenvalue weighted by atomic mass is 10.1. The largest absolute Gasteiger partial charge is 0.311 e. The fourth-order valence-corrected chi connectivity index (χ4v) is 4.71. The minimum absolute atomic E-state index is 0.115. The first-order chi connectivity index (χ1) is 14.3. The Morgan fingerprint density at radius 3 is 2.13 bits per heavy atom. The molecule has 6 heteroatoms. The van der Waals surface area contributed by atoms with Crippen molar-refractivity contribution in [2.24, 2.45) is 12.0 Å². The van der Waals surface area contributed by atoms with E-state index in [9.17, 15) is 4.79 Å². The molecule has 0 saturated heterocycles. The summed E-state index contributed by atoms with van der Waals surface area (Å²) < 4.78 is 5.75. The Hall–Kier alpha value is -3.12. The molecular weight excluding hydrogens is 392 g/mol. The molecule has 0 unspecified atom stereocenters. The maximum atomic E-state index is 13.3. The Kier molecular flexibility index (Phi) is 5.12. The summed E-state index contributed by atoms with van der Waals surface area (Å²) in [5, 5.41) is 2.12. The van der Waals surface area contributed by atoms with E-state index in [2.05, 4.69) is 42.9 Å². The number of benzene rings is 2. The molecule has 0 radical (unpaired) electrons. The molecule has 0 atom stereocenters. The summed E-state index contributed by atoms with van der Waals surface area (Å²) >= 11 is 1.56. The molecule has 2 aromatic carbocycles. The Morgan fingerprint density at radius 1 is 0.933 bits per heavy atom. The highest BCUT2D eigenvalue weighted by Crippen LogP contribution is 2.26. The molecule has 0 aliphatic heterocycles. The van der Waals surface area contributed by atoms with E-state index in [1.54, 1.807) is 16.0 Å². The van der Waals surface area contributed by atoms with Gasteiger partial charge in [0.05, 0.1) is 17.1 Å². The fraction of sp³-hybridized carbons (Fsp3) is 0.250. The van der Waals surface area contributed by atoms with Crippen LogP contribution in [0.4, 0.5) is 5.69 Å². The minimum atomic E-state index is -0.189. The van der Waals surface area contributed by atoms with Gasteiger partial charge in [0, 0.05) is 18.0 Å². The molecule has 2 heterocycles. The van der Waals surface area contributed by atoms with Gasteiger partial charge in [-0.1, -0.05) is 48.5 Å². The quantitative estimate of drug-likeness (QED) is 0.462. The molecule has 0 fully saturated rings. The van der Waals surface area contributed by atoms with Gasteiger partial charge in [0.15, 0.2) is 10.5 Å². The lowest BCUT2D eigenvalue weighted by Gasteiger charge is -2.24. The van der Waals surface area contributed by atoms with Gasteiger partial charge >= 0.3 is 0 Å². The summed E-state index contributed by atoms with van der Waals surface area (Å²) in [6.45, 7) is 8.41. The fourth-order valence-electron chi connectivity index (χ4n) is 3.63. The van der Waals surface area contributed by atoms with Crippen LogP contribution in [0, 0.1) is 6.92 Å². The van der Waals surface area contributed by atoms with E-state index in [1.165, 1.54) is 0 Å². The zero-order valence-corrected chi connectivity index (χ0v) is 18.8. The van der Waals surface area contributed by atoms with E-state index in [0.717, 1.165) is 27.4 Å². The average molecular weight is 419 g/mol. The van der Waals surface area contributed by atoms with Gasteiger partial charge in [-0.3, -0.25) is 9.48 Å². The Bertz CT molecular complexity index is 1300. The topological polar surface area (TPSA) is 44.2 Å². The summed E-state index contributed by atoms with van der Waals surface area (Å²) in [6.07, 6.45) is 0. The standard InChI is InChI=1S/C24H26N4OS/c1-17-21(22(29)28(26(17)5)19-14-10-7-11-15-19)25-23-27(24(2,3)4)20(16-30-23)18-12-8-6-9-13-18/h6-16H,1-5H3. The second kappa shape index (κ2) is 7.61. The van der Waals surface area contributed by atoms with Gasteiger partial charge in [-0.15, -0.1) is 11.3 Å². The van der Waals surface area contributed by atoms with Crippen LogP contribution in [-0.4, -0.2) is 13.9 Å². The van der Waals surface area contributed by atoms with E-state index in [4.69, 9.17) is 4.99 Å². The van der Waals surface area contributed by atoms with E-state index in [0.29, 0.717) is 5.69 Å². The number of rotatable bonds is 3. The molecule has 154 valence electrons. The van der Waals surface area contributed by atoms with Crippen LogP contribution in [0.5, 0.6) is 0 Å². The van der Waals surface area contributed by atoms with Crippen molar-refractivity contribution >= 4 is 17.0 Å². The molecule has 5 nitrogen and oxygen atoms in total. The molecule has 2 aromatic heterocycles. The molecule has 0 amide bonds. The van der Waals surface area contributed by atoms with Crippen molar-refractivity contribution in [2.45, 2.75) is 33.2 Å². The second-order valence-electron chi connectivity index (χ2n) is 8.30. The summed E-state index contributed by atoms with van der Waals surface area (Å²) in [5.41, 5.74) is 4.07. The Morgan fingerprint density at radius 2 is 1.53 bits per heavy atom. The molecule has 4 aromatic rings. The van der Waals surface area contributed by atoms with Crippen LogP contribution in [0.3, 0.4) is 0 Å². The third-order valence-electron chi connectivity index (χ3n) is 5.18. The summed E-state index contributed by atoms with van der Waals surface area (Å²) in [6, 6.07) is 20.0. The van der Waals surface area contributed by atoms with Crippen LogP contribution in [0.1, 0.15) is 26.5 Å². The third kappa shape index (κ3) is 3.48. The van der Waals surface area contributed by atoms with Crippen LogP contribution in [-0.2, 0) is 12.6 Å². The van der Waals surface area contributed by atoms with Crippen LogP contribution in [0.2, 0.25) is 0 Å².